The third kappa shape index (κ3) is 7.16. The zero-order chi connectivity index (χ0) is 34.6. The number of thiazole rings is 1. The first-order chi connectivity index (χ1) is 22.8. The van der Waals surface area contributed by atoms with E-state index in [2.05, 4.69) is 4.98 Å². The molecule has 0 bridgehead atoms. The van der Waals surface area contributed by atoms with E-state index in [4.69, 9.17) is 18.6 Å². The van der Waals surface area contributed by atoms with Gasteiger partial charge in [0.1, 0.15) is 23.0 Å². The summed E-state index contributed by atoms with van der Waals surface area (Å²) >= 11 is 1.05. The SMILES string of the molecule is COc1ccc(CN(c2nccs2)S(=O)(=O)c2ccc3c(oc(=O)n3CCOC(=O)N(Cc3ccccc3)C(C)(C)C)c2F)c(OC)c1. The van der Waals surface area contributed by atoms with Crippen molar-refractivity contribution in [2.24, 2.45) is 0 Å². The van der Waals surface area contributed by atoms with Gasteiger partial charge in [-0.1, -0.05) is 30.3 Å². The summed E-state index contributed by atoms with van der Waals surface area (Å²) < 4.78 is 67.6. The molecule has 1 amide bonds. The predicted octanol–water partition coefficient (Wildman–Crippen LogP) is 6.04. The molecule has 0 unspecified atom stereocenters. The molecular formula is C33H35FN4O8S2. The average Bonchev–Trinajstić information content (AvgIpc) is 3.70. The molecule has 5 rings (SSSR count). The number of anilines is 1. The van der Waals surface area contributed by atoms with Crippen LogP contribution in [0.2, 0.25) is 0 Å². The average molecular weight is 699 g/mol. The van der Waals surface area contributed by atoms with Gasteiger partial charge in [-0.05, 0) is 50.6 Å². The molecule has 3 aromatic carbocycles. The molecule has 15 heteroatoms. The van der Waals surface area contributed by atoms with Crippen LogP contribution in [0.3, 0.4) is 0 Å². The number of ether oxygens (including phenoxy) is 3. The van der Waals surface area contributed by atoms with E-state index >= 15 is 4.39 Å². The van der Waals surface area contributed by atoms with E-state index in [1.165, 1.54) is 26.5 Å². The zero-order valence-corrected chi connectivity index (χ0v) is 28.6. The number of fused-ring (bicyclic) bond motifs is 1. The first kappa shape index (κ1) is 34.4. The summed E-state index contributed by atoms with van der Waals surface area (Å²) in [7, 11) is -1.66. The molecule has 2 heterocycles. The van der Waals surface area contributed by atoms with Crippen LogP contribution in [-0.2, 0) is 34.4 Å². The van der Waals surface area contributed by atoms with Crippen LogP contribution in [0.25, 0.3) is 11.1 Å². The van der Waals surface area contributed by atoms with Crippen molar-refractivity contribution in [3.8, 4) is 11.5 Å². The van der Waals surface area contributed by atoms with Crippen molar-refractivity contribution in [3.05, 3.63) is 99.7 Å². The molecule has 0 saturated carbocycles. The van der Waals surface area contributed by atoms with Crippen LogP contribution < -0.4 is 19.5 Å². The monoisotopic (exact) mass is 698 g/mol. The van der Waals surface area contributed by atoms with Crippen LogP contribution in [0.4, 0.5) is 14.3 Å². The van der Waals surface area contributed by atoms with E-state index in [1.807, 2.05) is 51.1 Å². The fourth-order valence-corrected chi connectivity index (χ4v) is 7.31. The minimum absolute atomic E-state index is 0.00193. The molecule has 254 valence electrons. The molecule has 0 spiro atoms. The summed E-state index contributed by atoms with van der Waals surface area (Å²) in [6, 6.07) is 16.7. The highest BCUT2D eigenvalue weighted by atomic mass is 32.2. The van der Waals surface area contributed by atoms with Crippen molar-refractivity contribution in [3.63, 3.8) is 0 Å². The summed E-state index contributed by atoms with van der Waals surface area (Å²) in [4.78, 5) is 30.9. The van der Waals surface area contributed by atoms with Crippen LogP contribution in [-0.4, -0.2) is 55.3 Å². The summed E-state index contributed by atoms with van der Waals surface area (Å²) in [6.07, 6.45) is 0.837. The lowest BCUT2D eigenvalue weighted by Crippen LogP contribution is -2.45. The predicted molar refractivity (Wildman–Crippen MR) is 179 cm³/mol. The number of methoxy groups -OCH3 is 2. The van der Waals surface area contributed by atoms with Gasteiger partial charge in [0, 0.05) is 35.3 Å². The number of benzene rings is 3. The number of aromatic nitrogens is 2. The van der Waals surface area contributed by atoms with Crippen molar-refractivity contribution in [2.75, 3.05) is 25.1 Å². The highest BCUT2D eigenvalue weighted by Crippen LogP contribution is 2.34. The number of carbonyl (C=O) groups excluding carboxylic acids is 1. The number of carbonyl (C=O) groups is 1. The van der Waals surface area contributed by atoms with Gasteiger partial charge in [-0.25, -0.2) is 31.7 Å². The Bertz CT molecular complexity index is 2060. The quantitative estimate of drug-likeness (QED) is 0.153. The van der Waals surface area contributed by atoms with Gasteiger partial charge in [0.2, 0.25) is 0 Å². The Morgan fingerprint density at radius 3 is 2.44 bits per heavy atom. The molecule has 48 heavy (non-hydrogen) atoms. The summed E-state index contributed by atoms with van der Waals surface area (Å²) in [5.41, 5.74) is 0.275. The van der Waals surface area contributed by atoms with Gasteiger partial charge in [-0.3, -0.25) is 9.47 Å². The van der Waals surface area contributed by atoms with Crippen LogP contribution in [0, 0.1) is 5.82 Å². The molecule has 0 atom stereocenters. The van der Waals surface area contributed by atoms with Crippen LogP contribution in [0.5, 0.6) is 11.5 Å². The molecular weight excluding hydrogens is 664 g/mol. The Morgan fingerprint density at radius 2 is 1.79 bits per heavy atom. The standard InChI is InChI=1S/C33H35FN4O8S2/c1-33(2,3)37(20-22-9-7-6-8-10-22)32(40)45-17-16-36-25-13-14-27(28(34)29(25)46-31(36)39)48(41,42)38(30-35-15-18-47-30)21-23-11-12-24(43-4)19-26(23)44-5/h6-15,18-19H,16-17,20-21H2,1-5H3. The Morgan fingerprint density at radius 1 is 1.04 bits per heavy atom. The first-order valence-corrected chi connectivity index (χ1v) is 17.1. The lowest BCUT2D eigenvalue weighted by Gasteiger charge is -2.34. The normalized spacial score (nSPS) is 11.8. The van der Waals surface area contributed by atoms with E-state index in [0.717, 1.165) is 31.8 Å². The number of halogens is 1. The summed E-state index contributed by atoms with van der Waals surface area (Å²) in [5.74, 6) is -1.32. The summed E-state index contributed by atoms with van der Waals surface area (Å²) in [5, 5.41) is 1.68. The van der Waals surface area contributed by atoms with Gasteiger partial charge in [0.15, 0.2) is 16.5 Å². The van der Waals surface area contributed by atoms with Crippen LogP contribution in [0.1, 0.15) is 31.9 Å². The van der Waals surface area contributed by atoms with Crippen LogP contribution in [0.15, 0.2) is 86.3 Å². The van der Waals surface area contributed by atoms with E-state index < -0.39 is 43.7 Å². The maximum absolute atomic E-state index is 16.0. The molecule has 0 aliphatic carbocycles. The van der Waals surface area contributed by atoms with Gasteiger partial charge in [-0.15, -0.1) is 11.3 Å². The number of hydrogen-bond donors (Lipinski definition) is 0. The molecule has 5 aromatic rings. The molecule has 0 fully saturated rings. The van der Waals surface area contributed by atoms with Crippen molar-refractivity contribution in [1.82, 2.24) is 14.5 Å². The number of amides is 1. The second-order valence-electron chi connectivity index (χ2n) is 11.6. The fraction of sp³-hybridized carbons (Fsp3) is 0.303. The van der Waals surface area contributed by atoms with Gasteiger partial charge >= 0.3 is 11.8 Å². The Hall–Kier alpha value is -4.89. The third-order valence-corrected chi connectivity index (χ3v) is 10.2. The third-order valence-electron chi connectivity index (χ3n) is 7.50. The van der Waals surface area contributed by atoms with Crippen molar-refractivity contribution < 1.29 is 36.2 Å². The second-order valence-corrected chi connectivity index (χ2v) is 14.3. The molecule has 0 N–H and O–H groups in total. The maximum atomic E-state index is 16.0. The largest absolute Gasteiger partial charge is 0.497 e. The summed E-state index contributed by atoms with van der Waals surface area (Å²) in [6.45, 7) is 5.32. The Kier molecular flexibility index (Phi) is 10.1. The zero-order valence-electron chi connectivity index (χ0n) is 27.0. The van der Waals surface area contributed by atoms with E-state index in [9.17, 15) is 18.0 Å². The van der Waals surface area contributed by atoms with Crippen molar-refractivity contribution in [1.29, 1.82) is 0 Å². The molecule has 12 nitrogen and oxygen atoms in total. The molecule has 2 aromatic heterocycles. The Balaban J connectivity index is 1.40. The van der Waals surface area contributed by atoms with Crippen molar-refractivity contribution in [2.45, 2.75) is 50.8 Å². The minimum Gasteiger partial charge on any atom is -0.497 e. The topological polar surface area (TPSA) is 133 Å². The van der Waals surface area contributed by atoms with Gasteiger partial charge in [0.05, 0.1) is 32.8 Å². The van der Waals surface area contributed by atoms with E-state index in [0.29, 0.717) is 23.6 Å². The number of oxazole rings is 1. The number of sulfonamides is 1. The highest BCUT2D eigenvalue weighted by molar-refractivity contribution is 7.93. The molecule has 0 aliphatic rings. The lowest BCUT2D eigenvalue weighted by molar-refractivity contribution is 0.0613. The minimum atomic E-state index is -4.59. The number of nitrogens with zero attached hydrogens (tertiary/aromatic N) is 4. The number of rotatable bonds is 12. The van der Waals surface area contributed by atoms with Crippen LogP contribution >= 0.6 is 11.3 Å². The van der Waals surface area contributed by atoms with E-state index in [-0.39, 0.29) is 30.3 Å². The van der Waals surface area contributed by atoms with Gasteiger partial charge < -0.3 is 18.6 Å². The maximum Gasteiger partial charge on any atom is 0.420 e. The van der Waals surface area contributed by atoms with E-state index in [1.54, 1.807) is 28.5 Å². The van der Waals surface area contributed by atoms with Gasteiger partial charge in [0.25, 0.3) is 10.0 Å². The highest BCUT2D eigenvalue weighted by Gasteiger charge is 2.33. The first-order valence-electron chi connectivity index (χ1n) is 14.8. The molecule has 0 radical (unpaired) electrons. The van der Waals surface area contributed by atoms with Crippen molar-refractivity contribution >= 4 is 43.7 Å². The number of hydrogen-bond acceptors (Lipinski definition) is 10. The molecule has 0 aliphatic heterocycles. The lowest BCUT2D eigenvalue weighted by atomic mass is 10.1. The molecule has 0 saturated heterocycles. The smallest absolute Gasteiger partial charge is 0.420 e. The second kappa shape index (κ2) is 14.1. The Labute approximate surface area is 280 Å². The van der Waals surface area contributed by atoms with Gasteiger partial charge in [-0.2, -0.15) is 0 Å². The fourth-order valence-electron chi connectivity index (χ4n) is 4.98.